The molecule has 3 nitrogen and oxygen atoms in total. The molecule has 0 aliphatic rings. The van der Waals surface area contributed by atoms with Gasteiger partial charge in [-0.05, 0) is 0 Å². The van der Waals surface area contributed by atoms with E-state index in [2.05, 4.69) is 5.32 Å². The van der Waals surface area contributed by atoms with Gasteiger partial charge in [0, 0.05) is 27.3 Å². The SMILES string of the molecule is COCCNCCOC.[NaH]. The van der Waals surface area contributed by atoms with Crippen molar-refractivity contribution in [3.8, 4) is 0 Å². The van der Waals surface area contributed by atoms with Crippen molar-refractivity contribution in [2.75, 3.05) is 40.5 Å². The molecule has 0 saturated heterocycles. The third kappa shape index (κ3) is 11.6. The molecule has 0 heterocycles. The van der Waals surface area contributed by atoms with Gasteiger partial charge in [-0.15, -0.1) is 0 Å². The Morgan fingerprint density at radius 3 is 1.70 bits per heavy atom. The van der Waals surface area contributed by atoms with E-state index in [-0.39, 0.29) is 29.6 Å². The summed E-state index contributed by atoms with van der Waals surface area (Å²) in [5, 5.41) is 3.14. The maximum absolute atomic E-state index is 4.82. The van der Waals surface area contributed by atoms with E-state index in [1.165, 1.54) is 0 Å². The number of nitrogens with one attached hydrogen (secondary N) is 1. The standard InChI is InChI=1S/C6H15NO2.Na.H/c1-8-5-3-7-4-6-9-2;;/h7H,3-6H2,1-2H3;;. The molecule has 0 fully saturated rings. The van der Waals surface area contributed by atoms with E-state index in [1.54, 1.807) is 14.2 Å². The molecular formula is C6H16NNaO2. The van der Waals surface area contributed by atoms with Crippen LogP contribution in [0.25, 0.3) is 0 Å². The van der Waals surface area contributed by atoms with Gasteiger partial charge in [0.05, 0.1) is 13.2 Å². The Morgan fingerprint density at radius 2 is 1.40 bits per heavy atom. The normalized spacial score (nSPS) is 9.00. The first-order chi connectivity index (χ1) is 4.41. The molecule has 0 radical (unpaired) electrons. The zero-order valence-electron chi connectivity index (χ0n) is 6.14. The fourth-order valence-corrected chi connectivity index (χ4v) is 0.473. The van der Waals surface area contributed by atoms with Crippen LogP contribution in [-0.4, -0.2) is 70.1 Å². The monoisotopic (exact) mass is 157 g/mol. The zero-order chi connectivity index (χ0) is 6.95. The second-order valence-corrected chi connectivity index (χ2v) is 1.74. The van der Waals surface area contributed by atoms with Crippen molar-refractivity contribution >= 4 is 29.6 Å². The summed E-state index contributed by atoms with van der Waals surface area (Å²) in [5.41, 5.74) is 0. The van der Waals surface area contributed by atoms with Crippen LogP contribution in [0.2, 0.25) is 0 Å². The Labute approximate surface area is 84.8 Å². The molecule has 0 aromatic rings. The van der Waals surface area contributed by atoms with E-state index in [1.807, 2.05) is 0 Å². The Kier molecular flexibility index (Phi) is 16.9. The van der Waals surface area contributed by atoms with Crippen molar-refractivity contribution in [2.45, 2.75) is 0 Å². The summed E-state index contributed by atoms with van der Waals surface area (Å²) in [6.45, 7) is 3.34. The number of hydrogen-bond donors (Lipinski definition) is 1. The van der Waals surface area contributed by atoms with Crippen LogP contribution in [0.3, 0.4) is 0 Å². The van der Waals surface area contributed by atoms with E-state index in [0.717, 1.165) is 26.3 Å². The second-order valence-electron chi connectivity index (χ2n) is 1.74. The van der Waals surface area contributed by atoms with Gasteiger partial charge in [-0.25, -0.2) is 0 Å². The van der Waals surface area contributed by atoms with E-state index < -0.39 is 0 Å². The number of rotatable bonds is 6. The number of ether oxygens (including phenoxy) is 2. The summed E-state index contributed by atoms with van der Waals surface area (Å²) >= 11 is 0. The average Bonchev–Trinajstić information content (AvgIpc) is 1.89. The predicted octanol–water partition coefficient (Wildman–Crippen LogP) is -0.780. The van der Waals surface area contributed by atoms with E-state index in [4.69, 9.17) is 9.47 Å². The summed E-state index contributed by atoms with van der Waals surface area (Å²) in [6, 6.07) is 0. The van der Waals surface area contributed by atoms with E-state index in [0.29, 0.717) is 0 Å². The summed E-state index contributed by atoms with van der Waals surface area (Å²) in [5.74, 6) is 0. The van der Waals surface area contributed by atoms with Crippen molar-refractivity contribution < 1.29 is 9.47 Å². The Hall–Kier alpha value is 0.880. The first kappa shape index (κ1) is 13.5. The second kappa shape index (κ2) is 12.5. The molecule has 1 N–H and O–H groups in total. The van der Waals surface area contributed by atoms with E-state index in [9.17, 15) is 0 Å². The minimum absolute atomic E-state index is 0. The first-order valence-electron chi connectivity index (χ1n) is 3.10. The van der Waals surface area contributed by atoms with Gasteiger partial charge in [-0.3, -0.25) is 0 Å². The fourth-order valence-electron chi connectivity index (χ4n) is 0.473. The van der Waals surface area contributed by atoms with Gasteiger partial charge in [0.25, 0.3) is 0 Å². The van der Waals surface area contributed by atoms with Crippen LogP contribution >= 0.6 is 0 Å². The van der Waals surface area contributed by atoms with Crippen LogP contribution in [-0.2, 0) is 9.47 Å². The fraction of sp³-hybridized carbons (Fsp3) is 1.00. The van der Waals surface area contributed by atoms with Crippen LogP contribution < -0.4 is 5.32 Å². The molecule has 0 rings (SSSR count). The molecule has 0 aliphatic carbocycles. The molecule has 0 spiro atoms. The third-order valence-electron chi connectivity index (χ3n) is 0.966. The molecule has 0 saturated carbocycles. The van der Waals surface area contributed by atoms with Gasteiger partial charge in [-0.1, -0.05) is 0 Å². The number of methoxy groups -OCH3 is 2. The summed E-state index contributed by atoms with van der Waals surface area (Å²) in [6.07, 6.45) is 0. The third-order valence-corrected chi connectivity index (χ3v) is 0.966. The summed E-state index contributed by atoms with van der Waals surface area (Å²) in [7, 11) is 3.38. The van der Waals surface area contributed by atoms with Crippen molar-refractivity contribution in [1.82, 2.24) is 5.32 Å². The van der Waals surface area contributed by atoms with Crippen molar-refractivity contribution in [3.63, 3.8) is 0 Å². The van der Waals surface area contributed by atoms with Crippen LogP contribution in [0.5, 0.6) is 0 Å². The molecule has 4 heteroatoms. The zero-order valence-corrected chi connectivity index (χ0v) is 6.14. The van der Waals surface area contributed by atoms with Crippen LogP contribution in [0.1, 0.15) is 0 Å². The molecule has 0 bridgehead atoms. The molecular weight excluding hydrogens is 141 g/mol. The number of hydrogen-bond acceptors (Lipinski definition) is 3. The predicted molar refractivity (Wildman–Crippen MR) is 43.8 cm³/mol. The quantitative estimate of drug-likeness (QED) is 0.405. The van der Waals surface area contributed by atoms with Gasteiger partial charge < -0.3 is 14.8 Å². The van der Waals surface area contributed by atoms with Crippen molar-refractivity contribution in [3.05, 3.63) is 0 Å². The van der Waals surface area contributed by atoms with Gasteiger partial charge in [0.2, 0.25) is 0 Å². The Bertz CT molecular complexity index is 49.0. The average molecular weight is 157 g/mol. The van der Waals surface area contributed by atoms with Gasteiger partial charge in [0.15, 0.2) is 0 Å². The summed E-state index contributed by atoms with van der Waals surface area (Å²) < 4.78 is 9.64. The van der Waals surface area contributed by atoms with Gasteiger partial charge >= 0.3 is 29.6 Å². The molecule has 0 amide bonds. The van der Waals surface area contributed by atoms with Crippen LogP contribution in [0.4, 0.5) is 0 Å². The molecule has 58 valence electrons. The van der Waals surface area contributed by atoms with Crippen molar-refractivity contribution in [1.29, 1.82) is 0 Å². The minimum atomic E-state index is 0. The molecule has 0 atom stereocenters. The van der Waals surface area contributed by atoms with E-state index >= 15 is 0 Å². The van der Waals surface area contributed by atoms with Crippen molar-refractivity contribution in [2.24, 2.45) is 0 Å². The molecule has 0 unspecified atom stereocenters. The molecule has 0 aliphatic heterocycles. The van der Waals surface area contributed by atoms with Crippen LogP contribution in [0.15, 0.2) is 0 Å². The molecule has 0 aromatic heterocycles. The molecule has 0 aromatic carbocycles. The maximum atomic E-state index is 4.82. The van der Waals surface area contributed by atoms with Crippen LogP contribution in [0, 0.1) is 0 Å². The Balaban J connectivity index is 0. The van der Waals surface area contributed by atoms with Gasteiger partial charge in [0.1, 0.15) is 0 Å². The molecule has 10 heavy (non-hydrogen) atoms. The Morgan fingerprint density at radius 1 is 1.00 bits per heavy atom. The summed E-state index contributed by atoms with van der Waals surface area (Å²) in [4.78, 5) is 0. The first-order valence-corrected chi connectivity index (χ1v) is 3.10. The van der Waals surface area contributed by atoms with Gasteiger partial charge in [-0.2, -0.15) is 0 Å². The topological polar surface area (TPSA) is 30.5 Å².